The molecule has 0 aliphatic heterocycles. The third-order valence-corrected chi connectivity index (χ3v) is 6.21. The van der Waals surface area contributed by atoms with Crippen LogP contribution in [0.15, 0.2) is 42.9 Å². The zero-order valence-corrected chi connectivity index (χ0v) is 18.5. The Bertz CT molecular complexity index is 1250. The number of benzene rings is 1. The third-order valence-electron chi connectivity index (χ3n) is 5.08. The van der Waals surface area contributed by atoms with E-state index in [-0.39, 0.29) is 4.88 Å². The minimum absolute atomic E-state index is 0.177. The Morgan fingerprint density at radius 2 is 2.10 bits per heavy atom. The fraction of sp³-hybridized carbons (Fsp3) is 0.261. The number of aryl methyl sites for hydroxylation is 2. The molecule has 0 aliphatic carbocycles. The van der Waals surface area contributed by atoms with Crippen LogP contribution in [0, 0.1) is 6.92 Å². The summed E-state index contributed by atoms with van der Waals surface area (Å²) in [5.74, 6) is 0.0673. The minimum atomic E-state index is -1.00. The monoisotopic (exact) mass is 436 g/mol. The van der Waals surface area contributed by atoms with Crippen LogP contribution in [-0.2, 0) is 13.5 Å². The molecule has 0 saturated carbocycles. The van der Waals surface area contributed by atoms with E-state index in [0.29, 0.717) is 23.9 Å². The lowest BCUT2D eigenvalue weighted by molar-refractivity contribution is 0.0698. The number of fused-ring (bicyclic) bond motifs is 1. The van der Waals surface area contributed by atoms with Gasteiger partial charge in [-0.15, -0.1) is 11.3 Å². The summed E-state index contributed by atoms with van der Waals surface area (Å²) in [4.78, 5) is 21.0. The minimum Gasteiger partial charge on any atom is -0.492 e. The lowest BCUT2D eigenvalue weighted by atomic mass is 10.1. The topological polar surface area (TPSA) is 89.3 Å². The van der Waals surface area contributed by atoms with Gasteiger partial charge in [-0.2, -0.15) is 0 Å². The summed E-state index contributed by atoms with van der Waals surface area (Å²) in [6.07, 6.45) is 4.49. The van der Waals surface area contributed by atoms with Gasteiger partial charge < -0.3 is 19.7 Å². The molecule has 0 saturated heterocycles. The van der Waals surface area contributed by atoms with E-state index in [1.165, 1.54) is 28.4 Å². The number of ether oxygens (including phenoxy) is 1. The van der Waals surface area contributed by atoms with Gasteiger partial charge in [0.1, 0.15) is 17.9 Å². The van der Waals surface area contributed by atoms with Gasteiger partial charge in [0.2, 0.25) is 0 Å². The number of aromatic carboxylic acids is 1. The molecular weight excluding hydrogens is 412 g/mol. The van der Waals surface area contributed by atoms with Gasteiger partial charge in [0, 0.05) is 42.8 Å². The first kappa shape index (κ1) is 20.9. The maximum Gasteiger partial charge on any atom is 0.349 e. The van der Waals surface area contributed by atoms with Crippen molar-refractivity contribution >= 4 is 34.0 Å². The number of hydrogen-bond acceptors (Lipinski definition) is 6. The van der Waals surface area contributed by atoms with Crippen molar-refractivity contribution in [1.29, 1.82) is 0 Å². The average molecular weight is 437 g/mol. The lowest BCUT2D eigenvalue weighted by Gasteiger charge is -2.07. The Kier molecular flexibility index (Phi) is 5.90. The Morgan fingerprint density at radius 3 is 2.87 bits per heavy atom. The number of carbonyl (C=O) groups is 1. The zero-order chi connectivity index (χ0) is 22.0. The summed E-state index contributed by atoms with van der Waals surface area (Å²) in [6.45, 7) is 5.08. The normalized spacial score (nSPS) is 11.1. The highest BCUT2D eigenvalue weighted by Crippen LogP contribution is 2.36. The number of hydrogen-bond donors (Lipinski definition) is 2. The van der Waals surface area contributed by atoms with Gasteiger partial charge in [-0.05, 0) is 43.5 Å². The Labute approximate surface area is 184 Å². The molecule has 7 nitrogen and oxygen atoms in total. The molecule has 0 spiro atoms. The summed E-state index contributed by atoms with van der Waals surface area (Å²) in [6, 6.07) is 10.1. The Morgan fingerprint density at radius 1 is 1.26 bits per heavy atom. The molecule has 0 amide bonds. The van der Waals surface area contributed by atoms with Crippen molar-refractivity contribution in [3.8, 4) is 16.3 Å². The summed E-state index contributed by atoms with van der Waals surface area (Å²) in [5.41, 5.74) is 4.43. The first-order chi connectivity index (χ1) is 15.0. The largest absolute Gasteiger partial charge is 0.492 e. The molecule has 1 aromatic carbocycles. The molecule has 0 bridgehead atoms. The van der Waals surface area contributed by atoms with Crippen LogP contribution in [0.4, 0.5) is 5.82 Å². The molecule has 0 atom stereocenters. The van der Waals surface area contributed by atoms with E-state index in [2.05, 4.69) is 58.2 Å². The van der Waals surface area contributed by atoms with Crippen molar-refractivity contribution in [2.45, 2.75) is 20.3 Å². The number of thiophene rings is 1. The molecule has 3 aromatic heterocycles. The van der Waals surface area contributed by atoms with Crippen molar-refractivity contribution in [3.63, 3.8) is 0 Å². The van der Waals surface area contributed by atoms with E-state index >= 15 is 0 Å². The molecule has 4 rings (SSSR count). The van der Waals surface area contributed by atoms with E-state index in [1.807, 2.05) is 13.0 Å². The van der Waals surface area contributed by atoms with Gasteiger partial charge in [-0.1, -0.05) is 6.07 Å². The lowest BCUT2D eigenvalue weighted by Crippen LogP contribution is -2.06. The average Bonchev–Trinajstić information content (AvgIpc) is 3.30. The second kappa shape index (κ2) is 8.77. The molecular formula is C23H24N4O3S. The highest BCUT2D eigenvalue weighted by Gasteiger charge is 2.18. The van der Waals surface area contributed by atoms with Crippen LogP contribution >= 0.6 is 11.3 Å². The molecule has 2 N–H and O–H groups in total. The molecule has 0 aliphatic rings. The number of rotatable bonds is 8. The second-order valence-corrected chi connectivity index (χ2v) is 8.33. The number of carboxylic acids is 1. The summed E-state index contributed by atoms with van der Waals surface area (Å²) in [7, 11) is 2.06. The van der Waals surface area contributed by atoms with E-state index in [4.69, 9.17) is 4.74 Å². The van der Waals surface area contributed by atoms with Crippen molar-refractivity contribution < 1.29 is 14.6 Å². The van der Waals surface area contributed by atoms with E-state index in [9.17, 15) is 9.90 Å². The maximum absolute atomic E-state index is 11.5. The van der Waals surface area contributed by atoms with Gasteiger partial charge >= 0.3 is 5.97 Å². The first-order valence-electron chi connectivity index (χ1n) is 10.1. The number of anilines is 1. The zero-order valence-electron chi connectivity index (χ0n) is 17.7. The highest BCUT2D eigenvalue weighted by atomic mass is 32.1. The highest BCUT2D eigenvalue weighted by molar-refractivity contribution is 7.17. The number of carboxylic acid groups (broad SMARTS) is 1. The van der Waals surface area contributed by atoms with Crippen molar-refractivity contribution in [2.24, 2.45) is 7.05 Å². The molecule has 0 radical (unpaired) electrons. The van der Waals surface area contributed by atoms with Gasteiger partial charge in [0.15, 0.2) is 4.88 Å². The molecule has 160 valence electrons. The predicted molar refractivity (Wildman–Crippen MR) is 123 cm³/mol. The van der Waals surface area contributed by atoms with E-state index in [0.717, 1.165) is 29.2 Å². The van der Waals surface area contributed by atoms with Gasteiger partial charge in [0.05, 0.1) is 17.2 Å². The third kappa shape index (κ3) is 4.39. The molecule has 0 unspecified atom stereocenters. The van der Waals surface area contributed by atoms with Crippen LogP contribution in [0.3, 0.4) is 0 Å². The van der Waals surface area contributed by atoms with Crippen molar-refractivity contribution in [1.82, 2.24) is 14.5 Å². The fourth-order valence-corrected chi connectivity index (χ4v) is 4.54. The van der Waals surface area contributed by atoms with Crippen molar-refractivity contribution in [3.05, 3.63) is 58.9 Å². The van der Waals surface area contributed by atoms with Crippen LogP contribution < -0.4 is 10.1 Å². The quantitative estimate of drug-likeness (QED) is 0.414. The second-order valence-electron chi connectivity index (χ2n) is 7.28. The fourth-order valence-electron chi connectivity index (χ4n) is 3.63. The molecule has 3 heterocycles. The first-order valence-corrected chi connectivity index (χ1v) is 10.9. The van der Waals surface area contributed by atoms with E-state index in [1.54, 1.807) is 6.07 Å². The summed E-state index contributed by atoms with van der Waals surface area (Å²) >= 11 is 1.15. The smallest absolute Gasteiger partial charge is 0.349 e. The summed E-state index contributed by atoms with van der Waals surface area (Å²) < 4.78 is 7.60. The molecule has 4 aromatic rings. The van der Waals surface area contributed by atoms with Crippen LogP contribution in [-0.4, -0.2) is 38.8 Å². The van der Waals surface area contributed by atoms with Crippen molar-refractivity contribution in [2.75, 3.05) is 18.5 Å². The number of aromatic nitrogens is 3. The number of nitrogens with zero attached hydrogens (tertiary/aromatic N) is 3. The molecule has 31 heavy (non-hydrogen) atoms. The van der Waals surface area contributed by atoms with Crippen LogP contribution in [0.25, 0.3) is 21.5 Å². The van der Waals surface area contributed by atoms with E-state index < -0.39 is 5.97 Å². The van der Waals surface area contributed by atoms with Crippen LogP contribution in [0.2, 0.25) is 0 Å². The number of nitrogens with one attached hydrogen (secondary N) is 1. The predicted octanol–water partition coefficient (Wildman–Crippen LogP) is 4.76. The van der Waals surface area contributed by atoms with Gasteiger partial charge in [-0.3, -0.25) is 0 Å². The SMILES string of the molecule is CCOc1cc(-c2cc(NCCc3ccc4c(c3)c(C)cn4C)ncn2)sc1C(=O)O. The van der Waals surface area contributed by atoms with Crippen LogP contribution in [0.5, 0.6) is 5.75 Å². The van der Waals surface area contributed by atoms with Crippen LogP contribution in [0.1, 0.15) is 27.7 Å². The van der Waals surface area contributed by atoms with Gasteiger partial charge in [-0.25, -0.2) is 14.8 Å². The van der Waals surface area contributed by atoms with Gasteiger partial charge in [0.25, 0.3) is 0 Å². The standard InChI is InChI=1S/C23H24N4O3S/c1-4-30-19-11-20(31-22(19)23(28)29)17-10-21(26-13-25-17)24-8-7-15-5-6-18-16(9-15)14(2)12-27(18)3/h5-6,9-13H,4,7-8H2,1-3H3,(H,28,29)(H,24,25,26). The Hall–Kier alpha value is -3.39. The molecule has 8 heteroatoms. The molecule has 0 fully saturated rings. The maximum atomic E-state index is 11.5. The summed E-state index contributed by atoms with van der Waals surface area (Å²) in [5, 5.41) is 14.0. The Balaban J connectivity index is 1.46.